The van der Waals surface area contributed by atoms with Crippen molar-refractivity contribution in [2.75, 3.05) is 188 Å². The summed E-state index contributed by atoms with van der Waals surface area (Å²) in [5.74, 6) is -2.99. The SMILES string of the molecule is CCOC(=O)Nc1cccc(Cn2c(=O)oc3cc(C(=O)CN4CCN(C)CC4)ccc32)c1.CN1CCN(CC(=O)c2ccc3[nH]c(=O)oc3c2)CC1.CN1CCN(CC(=O)c2ccc3c(c2)oc(=O)n3Cc2cccc(N)c2)CC1.CN1CCN(CC(=O)c2ccc3c(c2)oc(=O)n3Cc2cccc([N+](=O)[O-])c2)CC1.Nc1ccccc1O.O=C(CCl)c1ccc2[nH]c(=O)oc2c1.O=c1[nH]c2ccccc2o1. The molecule has 41 heteroatoms. The van der Waals surface area contributed by atoms with Gasteiger partial charge in [0.05, 0.1) is 102 Å². The number of aromatic amines is 3. The Bertz CT molecular complexity index is 7550. The molecule has 10 heterocycles. The Morgan fingerprint density at radius 1 is 0.392 bits per heavy atom. The summed E-state index contributed by atoms with van der Waals surface area (Å²) in [7, 11) is 8.31. The van der Waals surface area contributed by atoms with Gasteiger partial charge in [-0.2, -0.15) is 0 Å². The van der Waals surface area contributed by atoms with E-state index in [1.54, 1.807) is 169 Å². The quantitative estimate of drug-likeness (QED) is 0.00781. The van der Waals surface area contributed by atoms with E-state index in [1.165, 1.54) is 27.3 Å². The van der Waals surface area contributed by atoms with Crippen LogP contribution in [0.3, 0.4) is 0 Å². The van der Waals surface area contributed by atoms with E-state index < -0.39 is 45.6 Å². The highest BCUT2D eigenvalue weighted by Gasteiger charge is 2.26. The lowest BCUT2D eigenvalue weighted by Crippen LogP contribution is -2.46. The molecule has 0 unspecified atom stereocenters. The Balaban J connectivity index is 0.000000138. The number of fused-ring (bicyclic) bond motifs is 6. The lowest BCUT2D eigenvalue weighted by atomic mass is 10.1. The Labute approximate surface area is 820 Å². The molecule has 40 nitrogen and oxygen atoms in total. The smallest absolute Gasteiger partial charge is 0.420 e. The van der Waals surface area contributed by atoms with Crippen LogP contribution in [0.15, 0.2) is 268 Å². The molecule has 0 atom stereocenters. The summed E-state index contributed by atoms with van der Waals surface area (Å²) in [5, 5.41) is 22.4. The number of aromatic hydroxyl groups is 1. The number of phenolic OH excluding ortho intramolecular Hbond substituents is 1. The summed E-state index contributed by atoms with van der Waals surface area (Å²) in [6.45, 7) is 18.9. The number of ether oxygens (including phenoxy) is 1. The number of nitro benzene ring substituents is 1. The summed E-state index contributed by atoms with van der Waals surface area (Å²) in [6.07, 6.45) is -0.533. The number of carbonyl (C=O) groups excluding carboxylic acids is 6. The number of rotatable bonds is 23. The van der Waals surface area contributed by atoms with Crippen molar-refractivity contribution >= 4 is 136 Å². The zero-order valence-corrected chi connectivity index (χ0v) is 80.1. The minimum absolute atomic E-state index is 0.00888. The highest BCUT2D eigenvalue weighted by molar-refractivity contribution is 6.30. The first-order chi connectivity index (χ1) is 68.8. The number of H-pyrrole nitrogens is 3. The summed E-state index contributed by atoms with van der Waals surface area (Å²) in [5.41, 5.74) is 23.9. The van der Waals surface area contributed by atoms with Gasteiger partial charge in [0.15, 0.2) is 62.4 Å². The van der Waals surface area contributed by atoms with Crippen molar-refractivity contribution in [3.8, 4) is 5.75 Å². The fourth-order valence-corrected chi connectivity index (χ4v) is 16.3. The van der Waals surface area contributed by atoms with Gasteiger partial charge in [-0.05, 0) is 191 Å². The van der Waals surface area contributed by atoms with Crippen molar-refractivity contribution in [3.63, 3.8) is 0 Å². The largest absolute Gasteiger partial charge is 0.506 e. The first-order valence-corrected chi connectivity index (χ1v) is 46.6. The fraction of sp³-hybridized carbons (Fsp3) is 0.294. The minimum atomic E-state index is -0.569. The van der Waals surface area contributed by atoms with Crippen molar-refractivity contribution in [2.45, 2.75) is 26.6 Å². The molecular weight excluding hydrogens is 1860 g/mol. The number of alkyl halides is 1. The second kappa shape index (κ2) is 48.4. The number of nitrogens with zero attached hydrogens (tertiary/aromatic N) is 12. The predicted molar refractivity (Wildman–Crippen MR) is 541 cm³/mol. The van der Waals surface area contributed by atoms with Crippen LogP contribution in [-0.4, -0.2) is 284 Å². The summed E-state index contributed by atoms with van der Waals surface area (Å²) in [6, 6.07) is 59.7. The Morgan fingerprint density at radius 2 is 0.734 bits per heavy atom. The third-order valence-electron chi connectivity index (χ3n) is 24.2. The van der Waals surface area contributed by atoms with E-state index in [0.29, 0.717) is 144 Å². The number of anilines is 3. The number of oxazole rings is 6. The molecule has 0 saturated carbocycles. The van der Waals surface area contributed by atoms with Gasteiger partial charge in [-0.25, -0.2) is 33.6 Å². The molecule has 0 radical (unpaired) electrons. The molecule has 0 bridgehead atoms. The molecule has 9 N–H and O–H groups in total. The zero-order chi connectivity index (χ0) is 101. The maximum absolute atomic E-state index is 12.8. The van der Waals surface area contributed by atoms with Crippen molar-refractivity contribution in [3.05, 3.63) is 330 Å². The third-order valence-corrected chi connectivity index (χ3v) is 24.5. The first-order valence-electron chi connectivity index (χ1n) is 46.0. The van der Waals surface area contributed by atoms with Crippen LogP contribution in [-0.2, 0) is 24.4 Å². The number of aromatic nitrogens is 6. The lowest BCUT2D eigenvalue weighted by Gasteiger charge is -2.31. The predicted octanol–water partition coefficient (Wildman–Crippen LogP) is 10.5. The van der Waals surface area contributed by atoms with E-state index in [1.807, 2.05) is 36.4 Å². The normalized spacial score (nSPS) is 14.6. The summed E-state index contributed by atoms with van der Waals surface area (Å²) in [4.78, 5) is 179. The fourth-order valence-electron chi connectivity index (χ4n) is 16.1. The number of phenols is 1. The number of nitrogens with one attached hydrogen (secondary N) is 4. The molecule has 20 rings (SSSR count). The van der Waals surface area contributed by atoms with E-state index >= 15 is 0 Å². The number of halogens is 1. The van der Waals surface area contributed by atoms with Crippen LogP contribution >= 0.6 is 11.6 Å². The van der Waals surface area contributed by atoms with Crippen molar-refractivity contribution in [2.24, 2.45) is 0 Å². The number of nitro groups is 1. The topological polar surface area (TPSA) is 508 Å². The van der Waals surface area contributed by atoms with Crippen molar-refractivity contribution in [1.29, 1.82) is 0 Å². The highest BCUT2D eigenvalue weighted by atomic mass is 35.5. The van der Waals surface area contributed by atoms with Gasteiger partial charge in [0.25, 0.3) is 5.69 Å². The number of likely N-dealkylation sites (N-methyl/N-ethyl adjacent to an activating group) is 4. The number of benzene rings is 10. The standard InChI is InChI=1S/C24H28N4O5.C21H22N4O5.C21H24N4O3.C14H17N3O3.C9H6ClNO3.C7H5NO2.C6H7NO/c1-3-32-23(30)25-19-6-4-5-17(13-19)15-28-20-8-7-18(14-22(20)33-24(28)31)21(29)16-27-11-9-26(2)10-12-27;1-22-7-9-23(10-8-22)14-19(26)16-5-6-18-20(12-16)30-21(27)24(18)13-15-3-2-4-17(11-15)25(28)29;1-23-7-9-24(10-8-23)14-19(26)16-5-6-18-20(12-16)28-21(27)25(18)13-15-3-2-4-17(22)11-15;1-16-4-6-17(7-5-16)9-12(18)10-2-3-11-13(8-10)20-14(19)15-11;10-4-7(12)5-1-2-6-8(3-5)14-9(13)11-6;9-7-8-5-3-1-2-4-6(5)10-7;7-5-3-1-2-4-6(5)8/h4-8,13-14H,3,9-12,15-16H2,1-2H3,(H,25,30);2-6,11-12H,7-10,13-14H2,1H3;2-6,11-12H,7-10,13-14,22H2,1H3;2-3,8H,4-7,9H2,1H3,(H,15,19);1-3H,4H2,(H,11,13);1-4H,(H,8,9);1-4,8H,7H2. The lowest BCUT2D eigenvalue weighted by molar-refractivity contribution is -0.384. The van der Waals surface area contributed by atoms with Crippen LogP contribution in [0.4, 0.5) is 27.5 Å². The number of hydrogen-bond acceptors (Lipinski definition) is 32. The molecule has 746 valence electrons. The van der Waals surface area contributed by atoms with Gasteiger partial charge in [0, 0.05) is 156 Å². The van der Waals surface area contributed by atoms with Crippen LogP contribution in [0.2, 0.25) is 0 Å². The number of piperazine rings is 4. The number of carbonyl (C=O) groups is 6. The second-order valence-corrected chi connectivity index (χ2v) is 35.0. The van der Waals surface area contributed by atoms with Gasteiger partial charge in [-0.3, -0.25) is 87.7 Å². The molecule has 10 aromatic carbocycles. The van der Waals surface area contributed by atoms with Crippen molar-refractivity contribution in [1.82, 2.24) is 67.9 Å². The third kappa shape index (κ3) is 28.3. The van der Waals surface area contributed by atoms with Crippen LogP contribution in [0, 0.1) is 10.1 Å². The number of hydrogen-bond donors (Lipinski definition) is 7. The average Bonchev–Trinajstić information content (AvgIpc) is 1.65. The molecule has 4 fully saturated rings. The number of ketones is 5. The van der Waals surface area contributed by atoms with Gasteiger partial charge >= 0.3 is 40.6 Å². The molecule has 1 amide bonds. The monoisotopic (exact) mass is 1970 g/mol. The van der Waals surface area contributed by atoms with Crippen LogP contribution < -0.4 is 51.3 Å². The number of nitrogens with two attached hydrogens (primary N) is 2. The second-order valence-electron chi connectivity index (χ2n) is 34.7. The molecule has 0 aliphatic carbocycles. The molecule has 4 aliphatic rings. The molecule has 6 aromatic heterocycles. The minimum Gasteiger partial charge on any atom is -0.506 e. The van der Waals surface area contributed by atoms with Crippen molar-refractivity contribution < 1.29 is 70.0 Å². The van der Waals surface area contributed by atoms with E-state index in [0.717, 1.165) is 121 Å². The molecule has 0 spiro atoms. The van der Waals surface area contributed by atoms with Gasteiger partial charge < -0.3 is 67.4 Å². The van der Waals surface area contributed by atoms with E-state index in [-0.39, 0.29) is 65.9 Å². The Hall–Kier alpha value is -15.8. The van der Waals surface area contributed by atoms with Gasteiger partial charge in [-0.1, -0.05) is 60.7 Å². The Morgan fingerprint density at radius 3 is 1.10 bits per heavy atom. The number of Topliss-reactive ketones (excluding diaryl/α,β-unsaturated/α-hetero) is 5. The van der Waals surface area contributed by atoms with Gasteiger partial charge in [0.2, 0.25) is 0 Å². The van der Waals surface area contributed by atoms with E-state index in [2.05, 4.69) is 87.7 Å². The number of para-hydroxylation sites is 4. The first kappa shape index (κ1) is 103. The summed E-state index contributed by atoms with van der Waals surface area (Å²) < 4.78 is 40.1. The zero-order valence-electron chi connectivity index (χ0n) is 79.3. The maximum atomic E-state index is 12.8. The summed E-state index contributed by atoms with van der Waals surface area (Å²) >= 11 is 5.39. The van der Waals surface area contributed by atoms with Gasteiger partial charge in [-0.15, -0.1) is 11.6 Å². The highest BCUT2D eigenvalue weighted by Crippen LogP contribution is 2.26. The maximum Gasteiger partial charge on any atom is 0.420 e. The van der Waals surface area contributed by atoms with Crippen LogP contribution in [0.1, 0.15) is 75.4 Å². The molecule has 4 aliphatic heterocycles. The molecule has 16 aromatic rings. The molecule has 4 saturated heterocycles. The van der Waals surface area contributed by atoms with E-state index in [4.69, 9.17) is 59.4 Å². The number of non-ortho nitro benzene ring substituents is 1. The number of nitrogen functional groups attached to an aromatic ring is 2. The molecular formula is C102H109ClN18O22. The number of amides is 1. The Kier molecular flexibility index (Phi) is 34.9. The van der Waals surface area contributed by atoms with Crippen LogP contribution in [0.25, 0.3) is 66.6 Å². The van der Waals surface area contributed by atoms with Gasteiger partial charge in [0.1, 0.15) is 5.75 Å². The van der Waals surface area contributed by atoms with Crippen LogP contribution in [0.5, 0.6) is 5.75 Å². The van der Waals surface area contributed by atoms with E-state index in [9.17, 15) is 67.6 Å². The average molecular weight is 1970 g/mol. The molecule has 143 heavy (non-hydrogen) atoms.